The smallest absolute Gasteiger partial charge is 0.372 e. The van der Waals surface area contributed by atoms with Crippen LogP contribution in [0.25, 0.3) is 0 Å². The second-order valence-electron chi connectivity index (χ2n) is 2.08. The van der Waals surface area contributed by atoms with E-state index in [0.717, 1.165) is 0 Å². The van der Waals surface area contributed by atoms with Crippen molar-refractivity contribution in [3.05, 3.63) is 12.3 Å². The molecule has 0 radical (unpaired) electrons. The minimum absolute atomic E-state index is 0.0356. The number of hydrogen-bond donors (Lipinski definition) is 0. The van der Waals surface area contributed by atoms with E-state index in [9.17, 15) is 4.79 Å². The first-order valence-corrected chi connectivity index (χ1v) is 3.01. The van der Waals surface area contributed by atoms with Crippen LogP contribution in [0.2, 0.25) is 0 Å². The van der Waals surface area contributed by atoms with Crippen molar-refractivity contribution < 1.29 is 14.3 Å². The molecule has 0 N–H and O–H groups in total. The van der Waals surface area contributed by atoms with E-state index in [1.54, 1.807) is 0 Å². The van der Waals surface area contributed by atoms with E-state index in [4.69, 9.17) is 4.74 Å². The molecular weight excluding hydrogens is 132 g/mol. The lowest BCUT2D eigenvalue weighted by atomic mass is 10.4. The molecule has 58 valence electrons. The molecule has 3 heteroatoms. The first-order chi connectivity index (χ1) is 4.57. The van der Waals surface area contributed by atoms with Gasteiger partial charge in [0.2, 0.25) is 0 Å². The predicted octanol–water partition coefficient (Wildman–Crippen LogP) is 1.10. The van der Waals surface area contributed by atoms with Crippen molar-refractivity contribution in [2.24, 2.45) is 0 Å². The summed E-state index contributed by atoms with van der Waals surface area (Å²) in [5, 5.41) is 0. The summed E-state index contributed by atoms with van der Waals surface area (Å²) < 4.78 is 9.28. The van der Waals surface area contributed by atoms with Gasteiger partial charge in [-0.25, -0.2) is 4.79 Å². The molecule has 0 aliphatic carbocycles. The summed E-state index contributed by atoms with van der Waals surface area (Å²) in [6.45, 7) is 7.00. The Bertz CT molecular complexity index is 138. The van der Waals surface area contributed by atoms with E-state index >= 15 is 0 Å². The third-order valence-electron chi connectivity index (χ3n) is 0.791. The van der Waals surface area contributed by atoms with Crippen LogP contribution in [-0.2, 0) is 14.3 Å². The lowest BCUT2D eigenvalue weighted by Gasteiger charge is -2.09. The third-order valence-corrected chi connectivity index (χ3v) is 0.791. The Kier molecular flexibility index (Phi) is 3.54. The fourth-order valence-electron chi connectivity index (χ4n) is 0.446. The molecule has 3 nitrogen and oxygen atoms in total. The summed E-state index contributed by atoms with van der Waals surface area (Å²) in [7, 11) is 1.29. The summed E-state index contributed by atoms with van der Waals surface area (Å²) in [6.07, 6.45) is -0.0356. The maximum absolute atomic E-state index is 10.6. The predicted molar refractivity (Wildman–Crippen MR) is 37.4 cm³/mol. The van der Waals surface area contributed by atoms with Gasteiger partial charge in [0.25, 0.3) is 0 Å². The van der Waals surface area contributed by atoms with Crippen molar-refractivity contribution >= 4 is 5.97 Å². The molecule has 0 spiro atoms. The first-order valence-electron chi connectivity index (χ1n) is 3.01. The van der Waals surface area contributed by atoms with Crippen molar-refractivity contribution in [2.75, 3.05) is 7.11 Å². The van der Waals surface area contributed by atoms with Gasteiger partial charge in [-0.2, -0.15) is 0 Å². The second-order valence-corrected chi connectivity index (χ2v) is 2.08. The molecule has 0 aliphatic heterocycles. The molecule has 0 aromatic heterocycles. The number of ether oxygens (including phenoxy) is 2. The highest BCUT2D eigenvalue weighted by atomic mass is 16.6. The molecule has 0 heterocycles. The fraction of sp³-hybridized carbons (Fsp3) is 0.571. The normalized spacial score (nSPS) is 9.20. The molecule has 0 rings (SSSR count). The number of esters is 1. The number of hydrogen-bond acceptors (Lipinski definition) is 3. The Morgan fingerprint density at radius 2 is 2.00 bits per heavy atom. The monoisotopic (exact) mass is 144 g/mol. The quantitative estimate of drug-likeness (QED) is 0.338. The van der Waals surface area contributed by atoms with Gasteiger partial charge >= 0.3 is 5.97 Å². The molecule has 0 aromatic carbocycles. The summed E-state index contributed by atoms with van der Waals surface area (Å²) in [6, 6.07) is 0. The Morgan fingerprint density at radius 1 is 1.50 bits per heavy atom. The third kappa shape index (κ3) is 3.12. The summed E-state index contributed by atoms with van der Waals surface area (Å²) in [5.41, 5.74) is 0. The van der Waals surface area contributed by atoms with E-state index < -0.39 is 5.97 Å². The van der Waals surface area contributed by atoms with Crippen LogP contribution < -0.4 is 0 Å². The number of carbonyl (C=O) groups is 1. The first kappa shape index (κ1) is 9.01. The highest BCUT2D eigenvalue weighted by molar-refractivity contribution is 5.85. The summed E-state index contributed by atoms with van der Waals surface area (Å²) >= 11 is 0. The molecule has 0 bridgehead atoms. The van der Waals surface area contributed by atoms with Crippen molar-refractivity contribution in [3.63, 3.8) is 0 Å². The van der Waals surface area contributed by atoms with Crippen molar-refractivity contribution in [2.45, 2.75) is 20.0 Å². The van der Waals surface area contributed by atoms with E-state index in [1.165, 1.54) is 7.11 Å². The molecule has 0 aromatic rings. The minimum Gasteiger partial charge on any atom is -0.484 e. The average molecular weight is 144 g/mol. The lowest BCUT2D eigenvalue weighted by Crippen LogP contribution is -2.11. The summed E-state index contributed by atoms with van der Waals surface area (Å²) in [4.78, 5) is 10.6. The van der Waals surface area contributed by atoms with Crippen LogP contribution in [0.15, 0.2) is 12.3 Å². The van der Waals surface area contributed by atoms with Gasteiger partial charge in [-0.05, 0) is 20.4 Å². The largest absolute Gasteiger partial charge is 0.484 e. The van der Waals surface area contributed by atoms with Crippen LogP contribution >= 0.6 is 0 Å². The molecule has 0 aliphatic rings. The van der Waals surface area contributed by atoms with Gasteiger partial charge in [0, 0.05) is 0 Å². The van der Waals surface area contributed by atoms with Gasteiger partial charge in [-0.1, -0.05) is 0 Å². The highest BCUT2D eigenvalue weighted by Crippen LogP contribution is 2.00. The average Bonchev–Trinajstić information content (AvgIpc) is 1.85. The van der Waals surface area contributed by atoms with Crippen molar-refractivity contribution in [1.82, 2.24) is 0 Å². The molecule has 0 atom stereocenters. The topological polar surface area (TPSA) is 35.5 Å². The van der Waals surface area contributed by atoms with Crippen LogP contribution in [0, 0.1) is 0 Å². The Hall–Kier alpha value is -0.990. The van der Waals surface area contributed by atoms with Gasteiger partial charge in [-0.15, -0.1) is 0 Å². The minimum atomic E-state index is -0.520. The lowest BCUT2D eigenvalue weighted by molar-refractivity contribution is -0.140. The van der Waals surface area contributed by atoms with Crippen LogP contribution in [0.4, 0.5) is 0 Å². The number of carbonyl (C=O) groups excluding carboxylic acids is 1. The summed E-state index contributed by atoms with van der Waals surface area (Å²) in [5.74, 6) is -0.466. The number of rotatable bonds is 3. The zero-order valence-corrected chi connectivity index (χ0v) is 6.51. The van der Waals surface area contributed by atoms with Crippen molar-refractivity contribution in [3.8, 4) is 0 Å². The molecule has 0 saturated carbocycles. The number of methoxy groups -OCH3 is 1. The fourth-order valence-corrected chi connectivity index (χ4v) is 0.446. The molecule has 0 unspecified atom stereocenters. The van der Waals surface area contributed by atoms with Crippen LogP contribution in [0.1, 0.15) is 13.8 Å². The maximum atomic E-state index is 10.6. The molecule has 10 heavy (non-hydrogen) atoms. The molecular formula is C7H12O3. The highest BCUT2D eigenvalue weighted by Gasteiger charge is 2.08. The van der Waals surface area contributed by atoms with E-state index in [1.807, 2.05) is 13.8 Å². The Morgan fingerprint density at radius 3 is 2.30 bits per heavy atom. The standard InChI is InChI=1S/C7H12O3/c1-5(2)10-6(3)7(8)9-4/h5H,3H2,1-2,4H3. The van der Waals surface area contributed by atoms with E-state index in [0.29, 0.717) is 0 Å². The molecule has 0 fully saturated rings. The van der Waals surface area contributed by atoms with Crippen molar-refractivity contribution in [1.29, 1.82) is 0 Å². The van der Waals surface area contributed by atoms with E-state index in [2.05, 4.69) is 11.3 Å². The Labute approximate surface area is 60.6 Å². The Balaban J connectivity index is 3.74. The van der Waals surface area contributed by atoms with Gasteiger partial charge in [0.15, 0.2) is 5.76 Å². The van der Waals surface area contributed by atoms with Crippen LogP contribution in [-0.4, -0.2) is 19.2 Å². The second kappa shape index (κ2) is 3.93. The maximum Gasteiger partial charge on any atom is 0.372 e. The van der Waals surface area contributed by atoms with Crippen LogP contribution in [0.5, 0.6) is 0 Å². The molecule has 0 saturated heterocycles. The van der Waals surface area contributed by atoms with Gasteiger partial charge in [0.1, 0.15) is 0 Å². The van der Waals surface area contributed by atoms with Gasteiger partial charge in [-0.3, -0.25) is 0 Å². The SMILES string of the molecule is C=C(OC(C)C)C(=O)OC. The van der Waals surface area contributed by atoms with Crippen LogP contribution in [0.3, 0.4) is 0 Å². The zero-order valence-electron chi connectivity index (χ0n) is 6.51. The molecule has 0 amide bonds. The van der Waals surface area contributed by atoms with Gasteiger partial charge < -0.3 is 9.47 Å². The van der Waals surface area contributed by atoms with Gasteiger partial charge in [0.05, 0.1) is 13.2 Å². The zero-order chi connectivity index (χ0) is 8.15. The van der Waals surface area contributed by atoms with E-state index in [-0.39, 0.29) is 11.9 Å².